The number of hydrogen-bond acceptors (Lipinski definition) is 7. The standard InChI is InChI=1S/C27H44O7S/c1-17(2)6-5-7-18(3)20-8-9-21-24(20,4)12-11-22-25-13-10-19(34-35(30,31)32)14-27(25,29)23(28)15-26(21,22)33-16-25/h5,7,17-23,28-29H,6,8-16H2,1-4H3,(H,30,31,32)/p-1/b7-5+/t18-,19+,20-,21-,22-,23-,24-,25+,26-,27+/m1/s1. The van der Waals surface area contributed by atoms with E-state index in [0.29, 0.717) is 49.5 Å². The molecule has 8 heteroatoms. The Kier molecular flexibility index (Phi) is 6.34. The molecule has 0 aromatic heterocycles. The van der Waals surface area contributed by atoms with Crippen LogP contribution in [0.2, 0.25) is 0 Å². The molecule has 1 saturated heterocycles. The molecule has 5 aliphatic rings. The summed E-state index contributed by atoms with van der Waals surface area (Å²) in [7, 11) is -4.87. The minimum Gasteiger partial charge on any atom is -0.726 e. The van der Waals surface area contributed by atoms with Gasteiger partial charge >= 0.3 is 0 Å². The molecule has 0 aromatic rings. The van der Waals surface area contributed by atoms with Gasteiger partial charge in [0.25, 0.3) is 0 Å². The third-order valence-corrected chi connectivity index (χ3v) is 11.6. The summed E-state index contributed by atoms with van der Waals surface area (Å²) in [5, 5.41) is 23.3. The zero-order chi connectivity index (χ0) is 25.4. The van der Waals surface area contributed by atoms with Crippen molar-refractivity contribution in [3.63, 3.8) is 0 Å². The molecule has 4 aliphatic carbocycles. The fourth-order valence-corrected chi connectivity index (χ4v) is 10.2. The van der Waals surface area contributed by atoms with Crippen LogP contribution in [0.15, 0.2) is 12.2 Å². The number of fused-ring (bicyclic) bond motifs is 1. The minimum atomic E-state index is -4.87. The number of aliphatic hydroxyl groups is 2. The molecular formula is C27H43O7S-. The molecule has 7 nitrogen and oxygen atoms in total. The van der Waals surface area contributed by atoms with Gasteiger partial charge in [0.1, 0.15) is 5.60 Å². The fraction of sp³-hybridized carbons (Fsp3) is 0.926. The van der Waals surface area contributed by atoms with Crippen molar-refractivity contribution in [1.82, 2.24) is 0 Å². The maximum atomic E-state index is 11.9. The number of hydrogen-bond donors (Lipinski definition) is 2. The highest BCUT2D eigenvalue weighted by Gasteiger charge is 2.78. The summed E-state index contributed by atoms with van der Waals surface area (Å²) < 4.78 is 45.2. The van der Waals surface area contributed by atoms with Gasteiger partial charge in [-0.3, -0.25) is 4.18 Å². The first-order valence-corrected chi connectivity index (χ1v) is 15.0. The minimum absolute atomic E-state index is 0.0478. The summed E-state index contributed by atoms with van der Waals surface area (Å²) in [6, 6.07) is 0. The van der Waals surface area contributed by atoms with Crippen molar-refractivity contribution in [2.75, 3.05) is 6.61 Å². The van der Waals surface area contributed by atoms with Crippen molar-refractivity contribution in [3.05, 3.63) is 12.2 Å². The second kappa shape index (κ2) is 8.50. The molecule has 0 amide bonds. The van der Waals surface area contributed by atoms with E-state index >= 15 is 0 Å². The van der Waals surface area contributed by atoms with E-state index in [1.807, 2.05) is 0 Å². The predicted molar refractivity (Wildman–Crippen MR) is 130 cm³/mol. The molecule has 1 heterocycles. The largest absolute Gasteiger partial charge is 0.726 e. The van der Waals surface area contributed by atoms with Gasteiger partial charge in [0.15, 0.2) is 0 Å². The number of allylic oxidation sites excluding steroid dienone is 2. The lowest BCUT2D eigenvalue weighted by Crippen LogP contribution is -2.72. The summed E-state index contributed by atoms with van der Waals surface area (Å²) in [4.78, 5) is 0. The molecule has 5 fully saturated rings. The molecule has 35 heavy (non-hydrogen) atoms. The van der Waals surface area contributed by atoms with Gasteiger partial charge in [-0.2, -0.15) is 0 Å². The van der Waals surface area contributed by atoms with Crippen LogP contribution in [-0.4, -0.2) is 53.2 Å². The number of aliphatic hydroxyl groups excluding tert-OH is 1. The van der Waals surface area contributed by atoms with Crippen LogP contribution in [0.5, 0.6) is 0 Å². The average Bonchev–Trinajstić information content (AvgIpc) is 3.23. The molecule has 10 atom stereocenters. The molecule has 2 N–H and O–H groups in total. The molecular weight excluding hydrogens is 468 g/mol. The Morgan fingerprint density at radius 2 is 1.86 bits per heavy atom. The summed E-state index contributed by atoms with van der Waals surface area (Å²) in [6.07, 6.45) is 9.30. The van der Waals surface area contributed by atoms with E-state index in [0.717, 1.165) is 32.1 Å². The van der Waals surface area contributed by atoms with E-state index < -0.39 is 39.2 Å². The second-order valence-corrected chi connectivity index (χ2v) is 14.2. The maximum absolute atomic E-state index is 11.9. The summed E-state index contributed by atoms with van der Waals surface area (Å²) >= 11 is 0. The Morgan fingerprint density at radius 1 is 1.11 bits per heavy atom. The Hall–Kier alpha value is -0.510. The van der Waals surface area contributed by atoms with Crippen molar-refractivity contribution in [2.24, 2.45) is 40.4 Å². The van der Waals surface area contributed by atoms with Crippen LogP contribution in [0, 0.1) is 40.4 Å². The Morgan fingerprint density at radius 3 is 2.54 bits per heavy atom. The van der Waals surface area contributed by atoms with E-state index in [-0.39, 0.29) is 17.8 Å². The van der Waals surface area contributed by atoms with Gasteiger partial charge in [-0.05, 0) is 80.0 Å². The molecule has 5 rings (SSSR count). The normalized spacial score (nSPS) is 50.2. The van der Waals surface area contributed by atoms with Crippen molar-refractivity contribution in [2.45, 2.75) is 109 Å². The van der Waals surface area contributed by atoms with E-state index in [1.165, 1.54) is 0 Å². The first-order chi connectivity index (χ1) is 16.3. The zero-order valence-corrected chi connectivity index (χ0v) is 22.4. The lowest BCUT2D eigenvalue weighted by atomic mass is 9.42. The van der Waals surface area contributed by atoms with Crippen LogP contribution in [0.3, 0.4) is 0 Å². The molecule has 1 aliphatic heterocycles. The molecule has 0 radical (unpaired) electrons. The highest BCUT2D eigenvalue weighted by atomic mass is 32.3. The van der Waals surface area contributed by atoms with Gasteiger partial charge in [-0.15, -0.1) is 0 Å². The Labute approximate surface area is 210 Å². The molecule has 2 bridgehead atoms. The van der Waals surface area contributed by atoms with Crippen molar-refractivity contribution >= 4 is 10.4 Å². The van der Waals surface area contributed by atoms with Crippen molar-refractivity contribution in [1.29, 1.82) is 0 Å². The number of ether oxygens (including phenoxy) is 1. The van der Waals surface area contributed by atoms with E-state index in [1.54, 1.807) is 0 Å². The van der Waals surface area contributed by atoms with Gasteiger partial charge in [0.2, 0.25) is 10.4 Å². The molecule has 200 valence electrons. The monoisotopic (exact) mass is 511 g/mol. The average molecular weight is 512 g/mol. The highest BCUT2D eigenvalue weighted by molar-refractivity contribution is 7.80. The van der Waals surface area contributed by atoms with E-state index in [2.05, 4.69) is 39.8 Å². The third kappa shape index (κ3) is 3.80. The fourth-order valence-electron chi connectivity index (χ4n) is 9.73. The van der Waals surface area contributed by atoms with Gasteiger partial charge < -0.3 is 19.5 Å². The maximum Gasteiger partial charge on any atom is 0.217 e. The van der Waals surface area contributed by atoms with Gasteiger partial charge in [-0.1, -0.05) is 39.8 Å². The Bertz CT molecular complexity index is 965. The van der Waals surface area contributed by atoms with Crippen molar-refractivity contribution in [3.8, 4) is 0 Å². The van der Waals surface area contributed by atoms with Crippen molar-refractivity contribution < 1.29 is 32.1 Å². The lowest BCUT2D eigenvalue weighted by Gasteiger charge is -2.64. The zero-order valence-electron chi connectivity index (χ0n) is 21.6. The highest BCUT2D eigenvalue weighted by Crippen LogP contribution is 2.74. The van der Waals surface area contributed by atoms with Gasteiger partial charge in [0.05, 0.1) is 24.4 Å². The second-order valence-electron chi connectivity index (χ2n) is 13.2. The van der Waals surface area contributed by atoms with Crippen LogP contribution < -0.4 is 0 Å². The molecule has 0 unspecified atom stereocenters. The third-order valence-electron chi connectivity index (χ3n) is 11.1. The Balaban J connectivity index is 1.42. The predicted octanol–water partition coefficient (Wildman–Crippen LogP) is 3.95. The first-order valence-electron chi connectivity index (χ1n) is 13.6. The van der Waals surface area contributed by atoms with E-state index in [4.69, 9.17) is 8.92 Å². The summed E-state index contributed by atoms with van der Waals surface area (Å²) in [5.74, 6) is 2.15. The van der Waals surface area contributed by atoms with Crippen LogP contribution in [0.25, 0.3) is 0 Å². The molecule has 1 spiro atoms. The number of rotatable bonds is 6. The van der Waals surface area contributed by atoms with Crippen LogP contribution in [0.1, 0.15) is 85.5 Å². The molecule has 0 aromatic carbocycles. The van der Waals surface area contributed by atoms with Gasteiger partial charge in [0, 0.05) is 18.3 Å². The SMILES string of the molecule is CC(C)C/C=C/[C@@H](C)[C@H]1CC[C@@H]2[C@]1(C)CC[C@H]1[C@@]23C[C@@H](O)[C@@]2(O)C[C@@H](OS(=O)(=O)[O-])CC[C@]12CO3. The molecule has 4 saturated carbocycles. The van der Waals surface area contributed by atoms with Crippen LogP contribution in [-0.2, 0) is 19.3 Å². The first kappa shape index (κ1) is 26.1. The van der Waals surface area contributed by atoms with Crippen LogP contribution >= 0.6 is 0 Å². The van der Waals surface area contributed by atoms with E-state index in [9.17, 15) is 23.2 Å². The smallest absolute Gasteiger partial charge is 0.217 e. The lowest BCUT2D eigenvalue weighted by molar-refractivity contribution is -0.258. The van der Waals surface area contributed by atoms with Gasteiger partial charge in [-0.25, -0.2) is 8.42 Å². The summed E-state index contributed by atoms with van der Waals surface area (Å²) in [6.45, 7) is 9.63. The topological polar surface area (TPSA) is 116 Å². The van der Waals surface area contributed by atoms with Crippen LogP contribution in [0.4, 0.5) is 0 Å². The summed E-state index contributed by atoms with van der Waals surface area (Å²) in [5.41, 5.74) is -2.47. The quantitative estimate of drug-likeness (QED) is 0.315.